The van der Waals surface area contributed by atoms with Gasteiger partial charge in [-0.1, -0.05) is 0 Å². The van der Waals surface area contributed by atoms with Gasteiger partial charge in [0.2, 0.25) is 0 Å². The minimum atomic E-state index is -1.12. The molecule has 154 valence electrons. The van der Waals surface area contributed by atoms with E-state index in [2.05, 4.69) is 21.6 Å². The Morgan fingerprint density at radius 1 is 1.03 bits per heavy atom. The van der Waals surface area contributed by atoms with E-state index in [0.717, 1.165) is 48.6 Å². The Balaban J connectivity index is 1.73. The van der Waals surface area contributed by atoms with Crippen LogP contribution >= 0.6 is 0 Å². The van der Waals surface area contributed by atoms with E-state index in [9.17, 15) is 5.11 Å². The first-order chi connectivity index (χ1) is 14.1. The minimum absolute atomic E-state index is 0.464. The van der Waals surface area contributed by atoms with Gasteiger partial charge in [-0.2, -0.15) is 0 Å². The van der Waals surface area contributed by atoms with Crippen molar-refractivity contribution in [3.63, 3.8) is 0 Å². The third kappa shape index (κ3) is 3.42. The van der Waals surface area contributed by atoms with E-state index in [1.165, 1.54) is 0 Å². The molecule has 1 N–H and O–H groups in total. The lowest BCUT2D eigenvalue weighted by atomic mass is 10.0. The number of hydrogen-bond acceptors (Lipinski definition) is 5. The molecule has 0 saturated carbocycles. The maximum Gasteiger partial charge on any atom is 0.271 e. The highest BCUT2D eigenvalue weighted by molar-refractivity contribution is 5.96. The molecule has 0 bridgehead atoms. The van der Waals surface area contributed by atoms with Gasteiger partial charge in [0, 0.05) is 12.0 Å². The summed E-state index contributed by atoms with van der Waals surface area (Å²) in [5, 5.41) is 11.9. The predicted octanol–water partition coefficient (Wildman–Crippen LogP) is 3.36. The third-order valence-electron chi connectivity index (χ3n) is 5.79. The Bertz CT molecular complexity index is 910. The zero-order chi connectivity index (χ0) is 20.4. The van der Waals surface area contributed by atoms with Crippen molar-refractivity contribution in [2.75, 3.05) is 38.8 Å². The monoisotopic (exact) mass is 397 g/mol. The number of aliphatic hydroxyl groups is 1. The van der Waals surface area contributed by atoms with E-state index >= 15 is 0 Å². The molecular weight excluding hydrogens is 368 g/mol. The number of anilines is 1. The fourth-order valence-electron chi connectivity index (χ4n) is 4.35. The summed E-state index contributed by atoms with van der Waals surface area (Å²) in [7, 11) is 3.23. The number of benzene rings is 2. The lowest BCUT2D eigenvalue weighted by Crippen LogP contribution is -2.41. The molecule has 6 heteroatoms. The molecule has 2 aliphatic heterocycles. The van der Waals surface area contributed by atoms with Gasteiger partial charge in [-0.15, -0.1) is 0 Å². The fraction of sp³-hybridized carbons (Fsp3) is 0.435. The maximum atomic E-state index is 11.9. The van der Waals surface area contributed by atoms with Crippen LogP contribution < -0.4 is 19.1 Å². The van der Waals surface area contributed by atoms with E-state index in [1.54, 1.807) is 14.2 Å². The highest BCUT2D eigenvalue weighted by Crippen LogP contribution is 2.39. The molecule has 6 nitrogen and oxygen atoms in total. The van der Waals surface area contributed by atoms with Crippen molar-refractivity contribution in [2.24, 2.45) is 0 Å². The number of nitrogens with zero attached hydrogens (tertiary/aromatic N) is 2. The van der Waals surface area contributed by atoms with E-state index in [0.29, 0.717) is 24.7 Å². The Hall–Kier alpha value is -2.73. The molecule has 2 heterocycles. The van der Waals surface area contributed by atoms with Crippen molar-refractivity contribution >= 4 is 11.5 Å². The van der Waals surface area contributed by atoms with Gasteiger partial charge in [0.15, 0.2) is 18.0 Å². The summed E-state index contributed by atoms with van der Waals surface area (Å²) in [6, 6.07) is 13.8. The number of amidine groups is 1. The van der Waals surface area contributed by atoms with Gasteiger partial charge >= 0.3 is 0 Å². The molecular formula is C23H29N2O4+. The topological polar surface area (TPSA) is 54.2 Å². The molecule has 0 aromatic heterocycles. The summed E-state index contributed by atoms with van der Waals surface area (Å²) in [4.78, 5) is 2.23. The molecule has 2 aromatic rings. The molecule has 0 radical (unpaired) electrons. The van der Waals surface area contributed by atoms with Gasteiger partial charge in [0.05, 0.1) is 27.4 Å². The minimum Gasteiger partial charge on any atom is -0.494 e. The maximum absolute atomic E-state index is 11.9. The Morgan fingerprint density at radius 2 is 1.79 bits per heavy atom. The van der Waals surface area contributed by atoms with Crippen molar-refractivity contribution in [1.29, 1.82) is 0 Å². The second-order valence-corrected chi connectivity index (χ2v) is 7.42. The molecule has 0 saturated heterocycles. The second kappa shape index (κ2) is 7.95. The molecule has 0 unspecified atom stereocenters. The van der Waals surface area contributed by atoms with Gasteiger partial charge < -0.3 is 19.3 Å². The average Bonchev–Trinajstić information content (AvgIpc) is 3.08. The van der Waals surface area contributed by atoms with E-state index < -0.39 is 5.72 Å². The molecule has 2 aliphatic rings. The highest BCUT2D eigenvalue weighted by atomic mass is 16.5. The first kappa shape index (κ1) is 19.6. The molecule has 2 aromatic carbocycles. The quantitative estimate of drug-likeness (QED) is 0.758. The summed E-state index contributed by atoms with van der Waals surface area (Å²) in [5.41, 5.74) is 0.753. The fourth-order valence-corrected chi connectivity index (χ4v) is 4.35. The van der Waals surface area contributed by atoms with Gasteiger partial charge in [-0.05, 0) is 62.2 Å². The van der Waals surface area contributed by atoms with Crippen molar-refractivity contribution in [2.45, 2.75) is 31.9 Å². The van der Waals surface area contributed by atoms with Crippen molar-refractivity contribution < 1.29 is 23.9 Å². The first-order valence-electron chi connectivity index (χ1n) is 10.2. The van der Waals surface area contributed by atoms with Crippen LogP contribution in [-0.2, 0) is 5.72 Å². The molecule has 0 aliphatic carbocycles. The summed E-state index contributed by atoms with van der Waals surface area (Å²) < 4.78 is 18.6. The van der Waals surface area contributed by atoms with Crippen LogP contribution in [0.15, 0.2) is 42.5 Å². The summed E-state index contributed by atoms with van der Waals surface area (Å²) in [6.07, 6.45) is 3.14. The Morgan fingerprint density at radius 3 is 2.48 bits per heavy atom. The van der Waals surface area contributed by atoms with E-state index in [-0.39, 0.29) is 0 Å². The van der Waals surface area contributed by atoms with Gasteiger partial charge in [0.25, 0.3) is 11.6 Å². The number of hydrogen-bond donors (Lipinski definition) is 1. The average molecular weight is 397 g/mol. The molecule has 0 spiro atoms. The van der Waals surface area contributed by atoms with Gasteiger partial charge in [-0.25, -0.2) is 9.48 Å². The smallest absolute Gasteiger partial charge is 0.271 e. The molecule has 0 amide bonds. The molecule has 1 atom stereocenters. The van der Waals surface area contributed by atoms with Crippen LogP contribution in [0.1, 0.15) is 31.7 Å². The van der Waals surface area contributed by atoms with Crippen LogP contribution in [0.5, 0.6) is 17.2 Å². The number of β-amino-alcohol motifs (C(OH)–C–C–N with tert-alkyl or cyclic N) is 1. The molecule has 4 rings (SSSR count). The summed E-state index contributed by atoms with van der Waals surface area (Å²) in [6.45, 7) is 3.92. The van der Waals surface area contributed by atoms with Crippen molar-refractivity contribution in [3.8, 4) is 17.2 Å². The van der Waals surface area contributed by atoms with Crippen molar-refractivity contribution in [3.05, 3.63) is 48.0 Å². The molecule has 29 heavy (non-hydrogen) atoms. The second-order valence-electron chi connectivity index (χ2n) is 7.42. The predicted molar refractivity (Wildman–Crippen MR) is 112 cm³/mol. The van der Waals surface area contributed by atoms with E-state index in [4.69, 9.17) is 14.2 Å². The SMILES string of the molecule is CCOc1ccc(N2C[C@@](O)(c3ccc(OC)c(OC)c3)[N+]3=C2CCCC3)cc1. The first-order valence-corrected chi connectivity index (χ1v) is 10.2. The number of methoxy groups -OCH3 is 2. The zero-order valence-corrected chi connectivity index (χ0v) is 17.4. The standard InChI is InChI=1S/C23H29N2O4/c1-4-29-19-11-9-18(10-12-19)24-16-23(26,25-14-6-5-7-22(24)25)17-8-13-20(27-2)21(15-17)28-3/h8-13,15,26H,4-7,14,16H2,1-3H3/q+1/t23-/m1/s1. The van der Waals surface area contributed by atoms with Gasteiger partial charge in [-0.3, -0.25) is 0 Å². The van der Waals surface area contributed by atoms with Crippen molar-refractivity contribution in [1.82, 2.24) is 0 Å². The summed E-state index contributed by atoms with van der Waals surface area (Å²) in [5.74, 6) is 3.30. The van der Waals surface area contributed by atoms with Crippen LogP contribution in [0.25, 0.3) is 0 Å². The van der Waals surface area contributed by atoms with E-state index in [1.807, 2.05) is 37.3 Å². The summed E-state index contributed by atoms with van der Waals surface area (Å²) >= 11 is 0. The lowest BCUT2D eigenvalue weighted by molar-refractivity contribution is -0.661. The van der Waals surface area contributed by atoms with Gasteiger partial charge in [0.1, 0.15) is 11.4 Å². The number of rotatable bonds is 6. The van der Waals surface area contributed by atoms with Crippen LogP contribution in [-0.4, -0.2) is 49.4 Å². The van der Waals surface area contributed by atoms with Crippen LogP contribution in [0.2, 0.25) is 0 Å². The zero-order valence-electron chi connectivity index (χ0n) is 17.4. The lowest BCUT2D eigenvalue weighted by Gasteiger charge is -2.25. The highest BCUT2D eigenvalue weighted by Gasteiger charge is 2.52. The number of ether oxygens (including phenoxy) is 3. The molecule has 0 fully saturated rings. The van der Waals surface area contributed by atoms with Crippen LogP contribution in [0, 0.1) is 0 Å². The van der Waals surface area contributed by atoms with Crippen LogP contribution in [0.4, 0.5) is 5.69 Å². The van der Waals surface area contributed by atoms with Crippen LogP contribution in [0.3, 0.4) is 0 Å². The third-order valence-corrected chi connectivity index (χ3v) is 5.79. The largest absolute Gasteiger partial charge is 0.494 e. The normalized spacial score (nSPS) is 21.2. The Labute approximate surface area is 171 Å². The Kier molecular flexibility index (Phi) is 5.37.